The van der Waals surface area contributed by atoms with Crippen molar-refractivity contribution in [1.82, 2.24) is 15.2 Å². The van der Waals surface area contributed by atoms with Gasteiger partial charge in [0.15, 0.2) is 11.6 Å². The fraction of sp³-hybridized carbons (Fsp3) is 0.400. The van der Waals surface area contributed by atoms with Crippen molar-refractivity contribution in [2.75, 3.05) is 25.6 Å². The van der Waals surface area contributed by atoms with E-state index >= 15 is 0 Å². The molecule has 3 aromatic rings. The molecular formula is C30H37F2N5O5. The number of carbonyl (C=O) groups is 3. The molecule has 1 aromatic heterocycles. The standard InChI is InChI=1S/C30H37F2N5O5/c1-19(2)27(33)28(38)41-14-7-6-12-23(37(3)29(39)35-17-22-11-8-13-24(31)26(22)32)18-42-30(40)36-25-15-20-9-4-5-10-21(20)16-34-25/h4-5,8-11,13,15-16,19,23,27H,6-7,12,14,17-18,33H2,1-3H3,(H,35,39)(H,34,36,40)/t23-,27-/m0/s1. The van der Waals surface area contributed by atoms with Gasteiger partial charge in [-0.25, -0.2) is 23.4 Å². The summed E-state index contributed by atoms with van der Waals surface area (Å²) in [6, 6.07) is 11.1. The molecule has 0 spiro atoms. The molecule has 0 saturated carbocycles. The minimum atomic E-state index is -1.04. The van der Waals surface area contributed by atoms with Gasteiger partial charge in [0.1, 0.15) is 18.5 Å². The minimum Gasteiger partial charge on any atom is -0.465 e. The Morgan fingerprint density at radius 3 is 2.50 bits per heavy atom. The number of nitrogens with two attached hydrogens (primary N) is 1. The number of carbonyl (C=O) groups excluding carboxylic acids is 3. The quantitative estimate of drug-likeness (QED) is 0.190. The van der Waals surface area contributed by atoms with Gasteiger partial charge in [-0.3, -0.25) is 10.1 Å². The first-order chi connectivity index (χ1) is 20.1. The second-order valence-corrected chi connectivity index (χ2v) is 10.2. The zero-order valence-electron chi connectivity index (χ0n) is 23.9. The van der Waals surface area contributed by atoms with Crippen molar-refractivity contribution in [3.05, 3.63) is 71.9 Å². The van der Waals surface area contributed by atoms with E-state index in [1.807, 2.05) is 38.1 Å². The molecule has 0 aliphatic rings. The van der Waals surface area contributed by atoms with Crippen LogP contribution in [-0.4, -0.2) is 60.3 Å². The number of hydrogen-bond acceptors (Lipinski definition) is 7. The zero-order valence-corrected chi connectivity index (χ0v) is 23.9. The number of nitrogens with one attached hydrogen (secondary N) is 2. The SMILES string of the molecule is CC(C)[C@H](N)C(=O)OCCCC[C@@H](COC(=O)Nc1cc2ccccc2cn1)N(C)C(=O)NCc1cccc(F)c1F. The average Bonchev–Trinajstić information content (AvgIpc) is 2.98. The Labute approximate surface area is 243 Å². The number of hydrogen-bond donors (Lipinski definition) is 3. The second kappa shape index (κ2) is 15.6. The zero-order chi connectivity index (χ0) is 30.6. The van der Waals surface area contributed by atoms with Crippen molar-refractivity contribution in [2.45, 2.75) is 51.7 Å². The largest absolute Gasteiger partial charge is 0.465 e. The summed E-state index contributed by atoms with van der Waals surface area (Å²) in [6.07, 6.45) is 2.30. The molecule has 42 heavy (non-hydrogen) atoms. The van der Waals surface area contributed by atoms with Crippen LogP contribution >= 0.6 is 0 Å². The maximum atomic E-state index is 14.0. The molecule has 3 amide bonds. The van der Waals surface area contributed by atoms with Crippen LogP contribution in [0.2, 0.25) is 0 Å². The monoisotopic (exact) mass is 585 g/mol. The lowest BCUT2D eigenvalue weighted by molar-refractivity contribution is -0.146. The van der Waals surface area contributed by atoms with Crippen molar-refractivity contribution >= 4 is 34.7 Å². The first-order valence-corrected chi connectivity index (χ1v) is 13.7. The summed E-state index contributed by atoms with van der Waals surface area (Å²) in [6.45, 7) is 3.41. The molecular weight excluding hydrogens is 548 g/mol. The van der Waals surface area contributed by atoms with E-state index in [-0.39, 0.29) is 31.2 Å². The molecule has 10 nitrogen and oxygen atoms in total. The number of halogens is 2. The third kappa shape index (κ3) is 9.37. The number of fused-ring (bicyclic) bond motifs is 1. The van der Waals surface area contributed by atoms with E-state index in [1.54, 1.807) is 12.3 Å². The van der Waals surface area contributed by atoms with Gasteiger partial charge in [0, 0.05) is 30.7 Å². The molecule has 3 rings (SSSR count). The van der Waals surface area contributed by atoms with Crippen molar-refractivity contribution < 1.29 is 32.6 Å². The van der Waals surface area contributed by atoms with E-state index in [9.17, 15) is 23.2 Å². The smallest absolute Gasteiger partial charge is 0.412 e. The number of anilines is 1. The molecule has 0 fully saturated rings. The summed E-state index contributed by atoms with van der Waals surface area (Å²) < 4.78 is 38.2. The third-order valence-electron chi connectivity index (χ3n) is 6.76. The summed E-state index contributed by atoms with van der Waals surface area (Å²) >= 11 is 0. The van der Waals surface area contributed by atoms with Crippen LogP contribution < -0.4 is 16.4 Å². The first-order valence-electron chi connectivity index (χ1n) is 13.7. The predicted molar refractivity (Wildman–Crippen MR) is 154 cm³/mol. The van der Waals surface area contributed by atoms with Gasteiger partial charge in [0.25, 0.3) is 0 Å². The minimum absolute atomic E-state index is 0.00626. The molecule has 0 saturated heterocycles. The van der Waals surface area contributed by atoms with Crippen molar-refractivity contribution in [1.29, 1.82) is 0 Å². The van der Waals surface area contributed by atoms with Crippen LogP contribution in [0.1, 0.15) is 38.7 Å². The first kappa shape index (κ1) is 32.2. The summed E-state index contributed by atoms with van der Waals surface area (Å²) in [5.41, 5.74) is 5.80. The summed E-state index contributed by atoms with van der Waals surface area (Å²) in [5, 5.41) is 6.96. The highest BCUT2D eigenvalue weighted by Gasteiger charge is 2.23. The number of ether oxygens (including phenoxy) is 2. The highest BCUT2D eigenvalue weighted by Crippen LogP contribution is 2.17. The highest BCUT2D eigenvalue weighted by atomic mass is 19.2. The van der Waals surface area contributed by atoms with Crippen molar-refractivity contribution in [3.8, 4) is 0 Å². The van der Waals surface area contributed by atoms with Gasteiger partial charge < -0.3 is 25.4 Å². The van der Waals surface area contributed by atoms with Gasteiger partial charge >= 0.3 is 18.1 Å². The lowest BCUT2D eigenvalue weighted by Gasteiger charge is -2.28. The third-order valence-corrected chi connectivity index (χ3v) is 6.76. The van der Waals surface area contributed by atoms with Gasteiger partial charge in [-0.2, -0.15) is 0 Å². The number of likely N-dealkylation sites (N-methyl/N-ethyl adjacent to an activating group) is 1. The van der Waals surface area contributed by atoms with Crippen LogP contribution in [0.4, 0.5) is 24.2 Å². The van der Waals surface area contributed by atoms with E-state index < -0.39 is 41.8 Å². The summed E-state index contributed by atoms with van der Waals surface area (Å²) in [4.78, 5) is 43.0. The van der Waals surface area contributed by atoms with E-state index in [0.29, 0.717) is 25.1 Å². The van der Waals surface area contributed by atoms with E-state index in [1.165, 1.54) is 24.1 Å². The summed E-state index contributed by atoms with van der Waals surface area (Å²) in [7, 11) is 1.51. The number of urea groups is 1. The Balaban J connectivity index is 1.57. The molecule has 0 aliphatic heterocycles. The van der Waals surface area contributed by atoms with Crippen LogP contribution in [0, 0.1) is 17.6 Å². The molecule has 0 unspecified atom stereocenters. The molecule has 2 aromatic carbocycles. The average molecular weight is 586 g/mol. The number of benzene rings is 2. The molecule has 12 heteroatoms. The molecule has 0 radical (unpaired) electrons. The van der Waals surface area contributed by atoms with Crippen LogP contribution in [0.3, 0.4) is 0 Å². The number of amides is 3. The highest BCUT2D eigenvalue weighted by molar-refractivity contribution is 5.89. The molecule has 1 heterocycles. The molecule has 226 valence electrons. The lowest BCUT2D eigenvalue weighted by atomic mass is 10.1. The number of aromatic nitrogens is 1. The van der Waals surface area contributed by atoms with Crippen LogP contribution in [0.25, 0.3) is 10.8 Å². The molecule has 0 bridgehead atoms. The van der Waals surface area contributed by atoms with Gasteiger partial charge in [-0.15, -0.1) is 0 Å². The number of unbranched alkanes of at least 4 members (excludes halogenated alkanes) is 1. The maximum Gasteiger partial charge on any atom is 0.412 e. The molecule has 0 aliphatic carbocycles. The number of esters is 1. The van der Waals surface area contributed by atoms with Crippen molar-refractivity contribution in [3.63, 3.8) is 0 Å². The number of nitrogens with zero attached hydrogens (tertiary/aromatic N) is 2. The fourth-order valence-corrected chi connectivity index (χ4v) is 4.02. The van der Waals surface area contributed by atoms with Crippen LogP contribution in [-0.2, 0) is 20.8 Å². The Kier molecular flexibility index (Phi) is 12.0. The van der Waals surface area contributed by atoms with Crippen LogP contribution in [0.5, 0.6) is 0 Å². The Bertz CT molecular complexity index is 1370. The van der Waals surface area contributed by atoms with E-state index in [0.717, 1.165) is 16.8 Å². The van der Waals surface area contributed by atoms with Gasteiger partial charge in [-0.1, -0.05) is 50.2 Å². The van der Waals surface area contributed by atoms with E-state index in [2.05, 4.69) is 15.6 Å². The Hall–Kier alpha value is -4.32. The number of pyridine rings is 1. The predicted octanol–water partition coefficient (Wildman–Crippen LogP) is 4.97. The summed E-state index contributed by atoms with van der Waals surface area (Å²) in [5.74, 6) is -2.28. The van der Waals surface area contributed by atoms with Gasteiger partial charge in [-0.05, 0) is 42.7 Å². The maximum absolute atomic E-state index is 14.0. The van der Waals surface area contributed by atoms with Crippen molar-refractivity contribution in [2.24, 2.45) is 11.7 Å². The topological polar surface area (TPSA) is 136 Å². The van der Waals surface area contributed by atoms with Gasteiger partial charge in [0.05, 0.1) is 12.6 Å². The van der Waals surface area contributed by atoms with Gasteiger partial charge in [0.2, 0.25) is 0 Å². The Morgan fingerprint density at radius 1 is 1.02 bits per heavy atom. The van der Waals surface area contributed by atoms with Crippen LogP contribution in [0.15, 0.2) is 54.7 Å². The number of rotatable bonds is 13. The molecule has 2 atom stereocenters. The Morgan fingerprint density at radius 2 is 1.76 bits per heavy atom. The van der Waals surface area contributed by atoms with E-state index in [4.69, 9.17) is 15.2 Å². The fourth-order valence-electron chi connectivity index (χ4n) is 4.02. The lowest BCUT2D eigenvalue weighted by Crippen LogP contribution is -2.46. The molecule has 4 N–H and O–H groups in total. The second-order valence-electron chi connectivity index (χ2n) is 10.2. The normalized spacial score (nSPS) is 12.5.